The number of carbonyl (C=O) groups is 2. The first-order valence-electron chi connectivity index (χ1n) is 11.4. The van der Waals surface area contributed by atoms with Gasteiger partial charge in [0.25, 0.3) is 5.91 Å². The zero-order valence-electron chi connectivity index (χ0n) is 19.6. The molecule has 178 valence electrons. The number of hydrogen-bond acceptors (Lipinski definition) is 4. The minimum atomic E-state index is -0.853. The van der Waals surface area contributed by atoms with Crippen molar-refractivity contribution in [3.63, 3.8) is 0 Å². The molecule has 0 spiro atoms. The molecule has 0 bridgehead atoms. The Labute approximate surface area is 203 Å². The van der Waals surface area contributed by atoms with Crippen molar-refractivity contribution >= 4 is 39.4 Å². The molecular weight excluding hydrogens is 440 g/mol. The molecule has 0 aromatic heterocycles. The highest BCUT2D eigenvalue weighted by molar-refractivity contribution is 5.95. The Hall–Kier alpha value is -4.23. The number of benzene rings is 4. The van der Waals surface area contributed by atoms with Gasteiger partial charge in [0.05, 0.1) is 0 Å². The number of amidine groups is 1. The highest BCUT2D eigenvalue weighted by Crippen LogP contribution is 2.20. The van der Waals surface area contributed by atoms with Crippen LogP contribution in [0.4, 0.5) is 0 Å². The van der Waals surface area contributed by atoms with Gasteiger partial charge in [0.1, 0.15) is 6.04 Å². The van der Waals surface area contributed by atoms with E-state index in [1.807, 2.05) is 66.7 Å². The number of likely N-dealkylation sites (N-methyl/N-ethyl adjacent to an activating group) is 1. The molecule has 1 unspecified atom stereocenters. The number of nitrogens with two attached hydrogens (primary N) is 2. The summed E-state index contributed by atoms with van der Waals surface area (Å²) in [7, 11) is 1.61. The van der Waals surface area contributed by atoms with Crippen LogP contribution >= 0.6 is 0 Å². The average molecular weight is 469 g/mol. The summed E-state index contributed by atoms with van der Waals surface area (Å²) in [5.41, 5.74) is 7.47. The lowest BCUT2D eigenvalue weighted by molar-refractivity contribution is -0.137. The van der Waals surface area contributed by atoms with E-state index in [4.69, 9.17) is 11.6 Å². The standard InChI is InChI=1S/C28H28N4O3/c1-32(26(33)15-12-19-10-13-21-6-2-4-8-23(21)16-19)25(27(34)31-28(29)35-30)18-20-11-14-22-7-3-5-9-24(22)17-20/h2-11,13-14,16-17,25H,12,15,18,30H2,1H3,(H2,29,31,34). The fourth-order valence-electron chi connectivity index (χ4n) is 4.18. The molecule has 7 heteroatoms. The van der Waals surface area contributed by atoms with Crippen LogP contribution in [0.5, 0.6) is 0 Å². The summed E-state index contributed by atoms with van der Waals surface area (Å²) in [4.78, 5) is 35.6. The van der Waals surface area contributed by atoms with Gasteiger partial charge in [-0.1, -0.05) is 84.9 Å². The molecule has 0 aliphatic heterocycles. The predicted octanol–water partition coefficient (Wildman–Crippen LogP) is 3.73. The second-order valence-electron chi connectivity index (χ2n) is 8.49. The number of amides is 2. The van der Waals surface area contributed by atoms with Crippen molar-refractivity contribution in [1.82, 2.24) is 4.90 Å². The Bertz CT molecular complexity index is 1400. The molecule has 4 aromatic carbocycles. The Morgan fingerprint density at radius 1 is 0.857 bits per heavy atom. The second-order valence-corrected chi connectivity index (χ2v) is 8.49. The van der Waals surface area contributed by atoms with Crippen LogP contribution in [0.15, 0.2) is 89.9 Å². The maximum atomic E-state index is 13.1. The number of nitrogens with zero attached hydrogens (tertiary/aromatic N) is 2. The fraction of sp³-hybridized carbons (Fsp3) is 0.179. The van der Waals surface area contributed by atoms with Crippen LogP contribution in [-0.2, 0) is 27.3 Å². The van der Waals surface area contributed by atoms with Crippen LogP contribution < -0.4 is 11.6 Å². The van der Waals surface area contributed by atoms with Crippen LogP contribution in [0.2, 0.25) is 0 Å². The fourth-order valence-corrected chi connectivity index (χ4v) is 4.18. The topological polar surface area (TPSA) is 111 Å². The monoisotopic (exact) mass is 468 g/mol. The molecule has 0 heterocycles. The Morgan fingerprint density at radius 2 is 1.40 bits per heavy atom. The van der Waals surface area contributed by atoms with Gasteiger partial charge in [-0.2, -0.15) is 10.9 Å². The third kappa shape index (κ3) is 5.83. The minimum Gasteiger partial charge on any atom is -0.373 e. The summed E-state index contributed by atoms with van der Waals surface area (Å²) in [6.07, 6.45) is 1.09. The Kier molecular flexibility index (Phi) is 7.38. The number of hydrogen-bond donors (Lipinski definition) is 2. The van der Waals surface area contributed by atoms with E-state index in [0.717, 1.165) is 32.7 Å². The third-order valence-electron chi connectivity index (χ3n) is 6.17. The quantitative estimate of drug-likeness (QED) is 0.244. The van der Waals surface area contributed by atoms with Crippen LogP contribution in [-0.4, -0.2) is 35.8 Å². The van der Waals surface area contributed by atoms with E-state index < -0.39 is 18.0 Å². The van der Waals surface area contributed by atoms with Gasteiger partial charge in [0.2, 0.25) is 5.91 Å². The van der Waals surface area contributed by atoms with Crippen LogP contribution in [0.1, 0.15) is 17.5 Å². The molecule has 0 saturated heterocycles. The molecule has 0 saturated carbocycles. The summed E-state index contributed by atoms with van der Waals surface area (Å²) in [6.45, 7) is 0. The van der Waals surface area contributed by atoms with Crippen molar-refractivity contribution in [2.45, 2.75) is 25.3 Å². The van der Waals surface area contributed by atoms with Crippen molar-refractivity contribution in [3.05, 3.63) is 96.1 Å². The van der Waals surface area contributed by atoms with E-state index in [1.54, 1.807) is 7.05 Å². The van der Waals surface area contributed by atoms with Gasteiger partial charge in [0, 0.05) is 19.9 Å². The summed E-state index contributed by atoms with van der Waals surface area (Å²) >= 11 is 0. The molecule has 0 fully saturated rings. The van der Waals surface area contributed by atoms with Gasteiger partial charge in [-0.15, -0.1) is 0 Å². The Morgan fingerprint density at radius 3 is 2.00 bits per heavy atom. The number of fused-ring (bicyclic) bond motifs is 2. The van der Waals surface area contributed by atoms with Crippen molar-refractivity contribution in [2.24, 2.45) is 16.6 Å². The summed E-state index contributed by atoms with van der Waals surface area (Å²) in [5.74, 6) is 4.27. The zero-order chi connectivity index (χ0) is 24.8. The Balaban J connectivity index is 1.52. The largest absolute Gasteiger partial charge is 0.373 e. The second kappa shape index (κ2) is 10.8. The maximum absolute atomic E-state index is 13.1. The molecule has 4 N–H and O–H groups in total. The van der Waals surface area contributed by atoms with Crippen molar-refractivity contribution < 1.29 is 14.4 Å². The third-order valence-corrected chi connectivity index (χ3v) is 6.17. The van der Waals surface area contributed by atoms with Gasteiger partial charge in [-0.05, 0) is 39.1 Å². The summed E-state index contributed by atoms with van der Waals surface area (Å²) in [5, 5.41) is 4.42. The zero-order valence-corrected chi connectivity index (χ0v) is 19.6. The highest BCUT2D eigenvalue weighted by Gasteiger charge is 2.27. The molecular formula is C28H28N4O3. The normalized spacial score (nSPS) is 12.5. The van der Waals surface area contributed by atoms with E-state index in [1.165, 1.54) is 4.90 Å². The van der Waals surface area contributed by atoms with Crippen LogP contribution in [0.3, 0.4) is 0 Å². The lowest BCUT2D eigenvalue weighted by atomic mass is 9.99. The van der Waals surface area contributed by atoms with Crippen LogP contribution in [0.25, 0.3) is 21.5 Å². The summed E-state index contributed by atoms with van der Waals surface area (Å²) < 4.78 is 0. The van der Waals surface area contributed by atoms with Crippen LogP contribution in [0, 0.1) is 0 Å². The first kappa shape index (κ1) is 23.9. The number of aliphatic imine (C=N–C) groups is 1. The van der Waals surface area contributed by atoms with E-state index in [9.17, 15) is 9.59 Å². The van der Waals surface area contributed by atoms with Gasteiger partial charge < -0.3 is 15.5 Å². The molecule has 4 aromatic rings. The van der Waals surface area contributed by atoms with E-state index in [-0.39, 0.29) is 18.7 Å². The predicted molar refractivity (Wildman–Crippen MR) is 138 cm³/mol. The average Bonchev–Trinajstić information content (AvgIpc) is 2.89. The number of aryl methyl sites for hydroxylation is 1. The van der Waals surface area contributed by atoms with Crippen molar-refractivity contribution in [1.29, 1.82) is 0 Å². The van der Waals surface area contributed by atoms with E-state index in [2.05, 4.69) is 28.0 Å². The smallest absolute Gasteiger partial charge is 0.309 e. The first-order valence-corrected chi connectivity index (χ1v) is 11.4. The molecule has 1 atom stereocenters. The number of rotatable bonds is 7. The SMILES string of the molecule is CN(C(=O)CCc1ccc2ccccc2c1)C(Cc1ccc2ccccc2c1)C(=O)N=C(N)ON. The van der Waals surface area contributed by atoms with Crippen molar-refractivity contribution in [3.8, 4) is 0 Å². The van der Waals surface area contributed by atoms with Gasteiger partial charge >= 0.3 is 6.02 Å². The lowest BCUT2D eigenvalue weighted by Gasteiger charge is -2.26. The van der Waals surface area contributed by atoms with Gasteiger partial charge in [-0.3, -0.25) is 9.59 Å². The number of carbonyl (C=O) groups excluding carboxylic acids is 2. The lowest BCUT2D eigenvalue weighted by Crippen LogP contribution is -2.44. The first-order chi connectivity index (χ1) is 16.9. The molecule has 2 amide bonds. The summed E-state index contributed by atoms with van der Waals surface area (Å²) in [6, 6.07) is 26.9. The molecule has 0 radical (unpaired) electrons. The minimum absolute atomic E-state index is 0.167. The molecule has 4 rings (SSSR count). The van der Waals surface area contributed by atoms with Crippen molar-refractivity contribution in [2.75, 3.05) is 7.05 Å². The van der Waals surface area contributed by atoms with Gasteiger partial charge in [0.15, 0.2) is 0 Å². The maximum Gasteiger partial charge on any atom is 0.309 e. The molecule has 0 aliphatic rings. The molecule has 0 aliphatic carbocycles. The molecule has 7 nitrogen and oxygen atoms in total. The van der Waals surface area contributed by atoms with Gasteiger partial charge in [-0.25, -0.2) is 0 Å². The highest BCUT2D eigenvalue weighted by atomic mass is 16.6. The molecule has 35 heavy (non-hydrogen) atoms. The van der Waals surface area contributed by atoms with E-state index in [0.29, 0.717) is 6.42 Å². The van der Waals surface area contributed by atoms with E-state index >= 15 is 0 Å².